The number of aliphatic hydroxyl groups is 2. The molecule has 0 aliphatic carbocycles. The molecule has 8 heteroatoms. The first-order valence-electron chi connectivity index (χ1n) is 5.69. The molecular weight excluding hydrogens is 240 g/mol. The van der Waals surface area contributed by atoms with Crippen LogP contribution in [0.4, 0.5) is 5.95 Å². The fraction of sp³-hybridized carbons (Fsp3) is 0.700. The minimum atomic E-state index is -0.768. The quantitative estimate of drug-likeness (QED) is 0.566. The van der Waals surface area contributed by atoms with Gasteiger partial charge in [-0.25, -0.2) is 9.78 Å². The number of nitrogens with zero attached hydrogens (tertiary/aromatic N) is 3. The lowest BCUT2D eigenvalue weighted by Gasteiger charge is -2.21. The van der Waals surface area contributed by atoms with Gasteiger partial charge in [0.1, 0.15) is 12.6 Å². The van der Waals surface area contributed by atoms with Crippen molar-refractivity contribution in [2.45, 2.75) is 32.1 Å². The predicted octanol–water partition coefficient (Wildman–Crippen LogP) is -1.11. The zero-order chi connectivity index (χ0) is 13.5. The van der Waals surface area contributed by atoms with E-state index in [9.17, 15) is 9.90 Å². The van der Waals surface area contributed by atoms with Crippen LogP contribution < -0.4 is 11.4 Å². The Labute approximate surface area is 104 Å². The monoisotopic (exact) mass is 258 g/mol. The van der Waals surface area contributed by atoms with Crippen molar-refractivity contribution < 1.29 is 14.9 Å². The van der Waals surface area contributed by atoms with E-state index in [1.165, 1.54) is 10.9 Å². The van der Waals surface area contributed by atoms with Gasteiger partial charge in [-0.1, -0.05) is 0 Å². The number of nitrogens with two attached hydrogens (primary N) is 1. The number of aliphatic hydroxyl groups excluding tert-OH is 2. The van der Waals surface area contributed by atoms with Crippen LogP contribution in [0.3, 0.4) is 0 Å². The second-order valence-electron chi connectivity index (χ2n) is 3.72. The van der Waals surface area contributed by atoms with Gasteiger partial charge >= 0.3 is 5.69 Å². The highest BCUT2D eigenvalue weighted by Gasteiger charge is 2.18. The maximum absolute atomic E-state index is 11.6. The van der Waals surface area contributed by atoms with E-state index in [0.29, 0.717) is 6.61 Å². The van der Waals surface area contributed by atoms with Gasteiger partial charge in [0, 0.05) is 19.6 Å². The summed E-state index contributed by atoms with van der Waals surface area (Å²) >= 11 is 0. The van der Waals surface area contributed by atoms with Crippen LogP contribution in [-0.4, -0.2) is 44.1 Å². The first kappa shape index (κ1) is 14.6. The number of aromatic nitrogens is 3. The summed E-state index contributed by atoms with van der Waals surface area (Å²) < 4.78 is 6.53. The van der Waals surface area contributed by atoms with E-state index in [0.717, 1.165) is 0 Å². The molecule has 0 spiro atoms. The molecule has 0 aromatic carbocycles. The van der Waals surface area contributed by atoms with Crippen LogP contribution in [0, 0.1) is 0 Å². The zero-order valence-electron chi connectivity index (χ0n) is 10.2. The molecule has 0 bridgehead atoms. The molecule has 0 saturated carbocycles. The summed E-state index contributed by atoms with van der Waals surface area (Å²) in [5.41, 5.74) is 4.71. The van der Waals surface area contributed by atoms with Crippen molar-refractivity contribution in [1.29, 1.82) is 0 Å². The average Bonchev–Trinajstić information content (AvgIpc) is 2.29. The van der Waals surface area contributed by atoms with Crippen molar-refractivity contribution in [2.75, 3.05) is 18.9 Å². The molecule has 0 unspecified atom stereocenters. The SMILES string of the molecule is CCO[C@H](C[C@@H](O)CCO)n1cnc(N)nc1=O. The topological polar surface area (TPSA) is 123 Å². The Balaban J connectivity index is 2.86. The molecule has 18 heavy (non-hydrogen) atoms. The van der Waals surface area contributed by atoms with Crippen LogP contribution in [0.15, 0.2) is 11.1 Å². The molecule has 1 aromatic heterocycles. The second-order valence-corrected chi connectivity index (χ2v) is 3.72. The van der Waals surface area contributed by atoms with E-state index in [4.69, 9.17) is 15.6 Å². The first-order valence-corrected chi connectivity index (χ1v) is 5.69. The Bertz CT molecular complexity index is 423. The van der Waals surface area contributed by atoms with Crippen LogP contribution in [0.5, 0.6) is 0 Å². The smallest absolute Gasteiger partial charge is 0.354 e. The largest absolute Gasteiger partial charge is 0.396 e. The van der Waals surface area contributed by atoms with Crippen LogP contribution in [0.1, 0.15) is 26.0 Å². The molecule has 102 valence electrons. The Morgan fingerprint density at radius 2 is 2.33 bits per heavy atom. The molecule has 4 N–H and O–H groups in total. The standard InChI is InChI=1S/C10H18N4O4/c1-2-18-8(5-7(16)3-4-15)14-6-12-9(11)13-10(14)17/h6-8,15-16H,2-5H2,1H3,(H2,11,13,17)/t7-,8+/m0/s1. The zero-order valence-corrected chi connectivity index (χ0v) is 10.2. The maximum atomic E-state index is 11.6. The Morgan fingerprint density at radius 3 is 2.89 bits per heavy atom. The molecule has 0 saturated heterocycles. The van der Waals surface area contributed by atoms with E-state index >= 15 is 0 Å². The van der Waals surface area contributed by atoms with Gasteiger partial charge in [-0.3, -0.25) is 4.57 Å². The van der Waals surface area contributed by atoms with Crippen molar-refractivity contribution in [2.24, 2.45) is 0 Å². The van der Waals surface area contributed by atoms with Crippen molar-refractivity contribution in [3.8, 4) is 0 Å². The van der Waals surface area contributed by atoms with Gasteiger partial charge in [-0.05, 0) is 13.3 Å². The summed E-state index contributed by atoms with van der Waals surface area (Å²) in [6.45, 7) is 2.01. The lowest BCUT2D eigenvalue weighted by molar-refractivity contribution is -0.0323. The summed E-state index contributed by atoms with van der Waals surface area (Å²) in [4.78, 5) is 18.8. The first-order chi connectivity index (χ1) is 8.58. The normalized spacial score (nSPS) is 14.4. The molecule has 8 nitrogen and oxygen atoms in total. The molecule has 0 amide bonds. The molecule has 1 heterocycles. The molecule has 2 atom stereocenters. The van der Waals surface area contributed by atoms with Crippen LogP contribution in [0.25, 0.3) is 0 Å². The molecule has 1 aromatic rings. The van der Waals surface area contributed by atoms with Crippen molar-refractivity contribution in [1.82, 2.24) is 14.5 Å². The van der Waals surface area contributed by atoms with E-state index < -0.39 is 18.0 Å². The van der Waals surface area contributed by atoms with E-state index in [2.05, 4.69) is 9.97 Å². The Kier molecular flexibility index (Phi) is 5.69. The fourth-order valence-corrected chi connectivity index (χ4v) is 1.51. The highest BCUT2D eigenvalue weighted by Crippen LogP contribution is 2.15. The lowest BCUT2D eigenvalue weighted by atomic mass is 10.2. The lowest BCUT2D eigenvalue weighted by Crippen LogP contribution is -2.32. The summed E-state index contributed by atoms with van der Waals surface area (Å²) in [6, 6.07) is 0. The third-order valence-corrected chi connectivity index (χ3v) is 2.35. The number of nitrogen functional groups attached to an aromatic ring is 1. The van der Waals surface area contributed by atoms with Gasteiger partial charge in [0.15, 0.2) is 0 Å². The number of ether oxygens (including phenoxy) is 1. The Morgan fingerprint density at radius 1 is 1.61 bits per heavy atom. The van der Waals surface area contributed by atoms with Gasteiger partial charge < -0.3 is 20.7 Å². The molecule has 0 radical (unpaired) electrons. The Hall–Kier alpha value is -1.51. The summed E-state index contributed by atoms with van der Waals surface area (Å²) in [7, 11) is 0. The van der Waals surface area contributed by atoms with Gasteiger partial charge in [-0.2, -0.15) is 4.98 Å². The van der Waals surface area contributed by atoms with Crippen molar-refractivity contribution in [3.05, 3.63) is 16.8 Å². The second kappa shape index (κ2) is 7.04. The summed E-state index contributed by atoms with van der Waals surface area (Å²) in [5, 5.41) is 18.4. The van der Waals surface area contributed by atoms with Crippen molar-refractivity contribution >= 4 is 5.95 Å². The average molecular weight is 258 g/mol. The van der Waals surface area contributed by atoms with Gasteiger partial charge in [-0.15, -0.1) is 0 Å². The number of hydrogen-bond donors (Lipinski definition) is 3. The fourth-order valence-electron chi connectivity index (χ4n) is 1.51. The molecule has 0 aliphatic heterocycles. The number of hydrogen-bond acceptors (Lipinski definition) is 7. The summed E-state index contributed by atoms with van der Waals surface area (Å²) in [5.74, 6) is -0.109. The van der Waals surface area contributed by atoms with Crippen LogP contribution >= 0.6 is 0 Å². The minimum Gasteiger partial charge on any atom is -0.396 e. The van der Waals surface area contributed by atoms with E-state index in [1.807, 2.05) is 0 Å². The number of rotatable bonds is 7. The minimum absolute atomic E-state index is 0.109. The van der Waals surface area contributed by atoms with E-state index in [1.54, 1.807) is 6.92 Å². The molecule has 0 aliphatic rings. The van der Waals surface area contributed by atoms with Gasteiger partial charge in [0.2, 0.25) is 5.95 Å². The van der Waals surface area contributed by atoms with Gasteiger partial charge in [0.25, 0.3) is 0 Å². The molecular formula is C10H18N4O4. The van der Waals surface area contributed by atoms with Crippen LogP contribution in [0.2, 0.25) is 0 Å². The third kappa shape index (κ3) is 4.06. The maximum Gasteiger partial charge on any atom is 0.354 e. The highest BCUT2D eigenvalue weighted by molar-refractivity contribution is 5.09. The highest BCUT2D eigenvalue weighted by atomic mass is 16.5. The van der Waals surface area contributed by atoms with Gasteiger partial charge in [0.05, 0.1) is 6.10 Å². The van der Waals surface area contributed by atoms with Crippen molar-refractivity contribution in [3.63, 3.8) is 0 Å². The third-order valence-electron chi connectivity index (χ3n) is 2.35. The number of anilines is 1. The van der Waals surface area contributed by atoms with Crippen LogP contribution in [-0.2, 0) is 4.74 Å². The molecule has 1 rings (SSSR count). The predicted molar refractivity (Wildman–Crippen MR) is 63.7 cm³/mol. The summed E-state index contributed by atoms with van der Waals surface area (Å²) in [6.07, 6.45) is 0.174. The van der Waals surface area contributed by atoms with E-state index in [-0.39, 0.29) is 25.4 Å². The molecule has 0 fully saturated rings.